The Bertz CT molecular complexity index is 1750. The van der Waals surface area contributed by atoms with Crippen molar-refractivity contribution < 1.29 is 24.2 Å². The first-order valence-corrected chi connectivity index (χ1v) is 18.1. The van der Waals surface area contributed by atoms with Crippen molar-refractivity contribution in [3.05, 3.63) is 102 Å². The zero-order valence-corrected chi connectivity index (χ0v) is 30.2. The fourth-order valence-electron chi connectivity index (χ4n) is 6.24. The third-order valence-corrected chi connectivity index (χ3v) is 9.47. The molecule has 2 amide bonds. The second-order valence-electron chi connectivity index (χ2n) is 14.4. The molecule has 1 saturated heterocycles. The number of carbonyl (C=O) groups excluding carboxylic acids is 2. The van der Waals surface area contributed by atoms with Crippen molar-refractivity contribution in [3.63, 3.8) is 0 Å². The maximum Gasteiger partial charge on any atom is 0.308 e. The summed E-state index contributed by atoms with van der Waals surface area (Å²) < 4.78 is 5.90. The van der Waals surface area contributed by atoms with Crippen LogP contribution in [0.4, 0.5) is 0 Å². The lowest BCUT2D eigenvalue weighted by Gasteiger charge is -2.25. The van der Waals surface area contributed by atoms with Gasteiger partial charge in [-0.3, -0.25) is 14.4 Å². The van der Waals surface area contributed by atoms with E-state index in [1.807, 2.05) is 60.7 Å². The van der Waals surface area contributed by atoms with Gasteiger partial charge in [0.25, 0.3) is 5.91 Å². The highest BCUT2D eigenvalue weighted by atomic mass is 16.5. The largest absolute Gasteiger partial charge is 0.494 e. The SMILES string of the molecule is CCCCCCCOc1ccc(-c2cnc(-c3ccc(C[C@H](NC(=O)c4ccc(C(C)(C)C)cc4)C(=O)N4CC[C@@H](C(=O)O)C4)cc3)nc2)cc1. The minimum absolute atomic E-state index is 0.0576. The summed E-state index contributed by atoms with van der Waals surface area (Å²) in [5, 5.41) is 12.4. The van der Waals surface area contributed by atoms with Gasteiger partial charge in [0.2, 0.25) is 5.91 Å². The van der Waals surface area contributed by atoms with Gasteiger partial charge in [0.1, 0.15) is 11.8 Å². The summed E-state index contributed by atoms with van der Waals surface area (Å²) in [7, 11) is 0. The van der Waals surface area contributed by atoms with E-state index in [-0.39, 0.29) is 30.2 Å². The van der Waals surface area contributed by atoms with Crippen LogP contribution in [0.2, 0.25) is 0 Å². The van der Waals surface area contributed by atoms with Crippen molar-refractivity contribution in [1.82, 2.24) is 20.2 Å². The van der Waals surface area contributed by atoms with Gasteiger partial charge in [-0.05, 0) is 59.2 Å². The Kier molecular flexibility index (Phi) is 12.6. The van der Waals surface area contributed by atoms with E-state index in [1.165, 1.54) is 25.7 Å². The molecule has 2 atom stereocenters. The topological polar surface area (TPSA) is 122 Å². The summed E-state index contributed by atoms with van der Waals surface area (Å²) in [6, 6.07) is 22.2. The van der Waals surface area contributed by atoms with Gasteiger partial charge < -0.3 is 20.1 Å². The molecule has 1 aromatic heterocycles. The van der Waals surface area contributed by atoms with Gasteiger partial charge in [0, 0.05) is 48.6 Å². The summed E-state index contributed by atoms with van der Waals surface area (Å²) in [6.45, 7) is 9.73. The molecule has 9 heteroatoms. The van der Waals surface area contributed by atoms with E-state index >= 15 is 0 Å². The standard InChI is InChI=1S/C42H50N4O5/c1-5-6-7-8-9-24-51-36-20-16-30(17-21-36)34-26-43-38(44-27-34)31-12-10-29(11-13-31)25-37(40(48)46-23-22-33(28-46)41(49)50)45-39(47)32-14-18-35(19-15-32)42(2,3)4/h10-21,26-27,33,37H,5-9,22-25,28H2,1-4H3,(H,45,47)(H,49,50)/t33-,37+/m1/s1. The molecule has 0 radical (unpaired) electrons. The van der Waals surface area contributed by atoms with Gasteiger partial charge in [-0.1, -0.05) is 102 Å². The van der Waals surface area contributed by atoms with Gasteiger partial charge in [-0.2, -0.15) is 0 Å². The molecule has 268 valence electrons. The van der Waals surface area contributed by atoms with Crippen LogP contribution in [0.25, 0.3) is 22.5 Å². The summed E-state index contributed by atoms with van der Waals surface area (Å²) in [6.07, 6.45) is 10.3. The third-order valence-electron chi connectivity index (χ3n) is 9.47. The molecule has 0 spiro atoms. The van der Waals surface area contributed by atoms with Crippen molar-refractivity contribution in [3.8, 4) is 28.3 Å². The van der Waals surface area contributed by atoms with E-state index in [0.717, 1.165) is 46.6 Å². The molecule has 0 bridgehead atoms. The Morgan fingerprint density at radius 2 is 1.51 bits per heavy atom. The van der Waals surface area contributed by atoms with Gasteiger partial charge in [0.05, 0.1) is 12.5 Å². The van der Waals surface area contributed by atoms with Crippen LogP contribution in [0.5, 0.6) is 5.75 Å². The molecule has 1 aliphatic heterocycles. The number of hydrogen-bond acceptors (Lipinski definition) is 6. The van der Waals surface area contributed by atoms with E-state index in [4.69, 9.17) is 4.74 Å². The minimum Gasteiger partial charge on any atom is -0.494 e. The van der Waals surface area contributed by atoms with Crippen LogP contribution in [-0.2, 0) is 21.4 Å². The molecule has 0 unspecified atom stereocenters. The van der Waals surface area contributed by atoms with Gasteiger partial charge in [-0.15, -0.1) is 0 Å². The van der Waals surface area contributed by atoms with E-state index in [1.54, 1.807) is 29.4 Å². The van der Waals surface area contributed by atoms with E-state index in [2.05, 4.69) is 43.0 Å². The Labute approximate surface area is 301 Å². The number of ether oxygens (including phenoxy) is 1. The predicted molar refractivity (Wildman–Crippen MR) is 200 cm³/mol. The van der Waals surface area contributed by atoms with Crippen LogP contribution in [0.15, 0.2) is 85.2 Å². The van der Waals surface area contributed by atoms with E-state index in [9.17, 15) is 19.5 Å². The lowest BCUT2D eigenvalue weighted by Crippen LogP contribution is -2.49. The molecule has 1 fully saturated rings. The number of carboxylic acids is 1. The molecule has 9 nitrogen and oxygen atoms in total. The highest BCUT2D eigenvalue weighted by Gasteiger charge is 2.35. The number of nitrogens with zero attached hydrogens (tertiary/aromatic N) is 3. The summed E-state index contributed by atoms with van der Waals surface area (Å²) in [5.74, 6) is -0.734. The molecule has 5 rings (SSSR count). The number of nitrogens with one attached hydrogen (secondary N) is 1. The van der Waals surface area contributed by atoms with E-state index < -0.39 is 17.9 Å². The number of unbranched alkanes of at least 4 members (excludes halogenated alkanes) is 4. The van der Waals surface area contributed by atoms with Crippen LogP contribution in [0.1, 0.15) is 87.7 Å². The molecule has 2 N–H and O–H groups in total. The van der Waals surface area contributed by atoms with Crippen LogP contribution in [-0.4, -0.2) is 63.5 Å². The predicted octanol–water partition coefficient (Wildman–Crippen LogP) is 7.73. The number of carboxylic acid groups (broad SMARTS) is 1. The average molecular weight is 691 g/mol. The monoisotopic (exact) mass is 690 g/mol. The number of likely N-dealkylation sites (tertiary alicyclic amines) is 1. The molecule has 2 heterocycles. The van der Waals surface area contributed by atoms with Gasteiger partial charge >= 0.3 is 5.97 Å². The lowest BCUT2D eigenvalue weighted by molar-refractivity contribution is -0.141. The fourth-order valence-corrected chi connectivity index (χ4v) is 6.24. The number of aliphatic carboxylic acids is 1. The first-order chi connectivity index (χ1) is 24.5. The molecular weight excluding hydrogens is 640 g/mol. The van der Waals surface area contributed by atoms with Crippen molar-refractivity contribution in [2.24, 2.45) is 5.92 Å². The Hall–Kier alpha value is -5.05. The number of aromatic nitrogens is 2. The highest BCUT2D eigenvalue weighted by Crippen LogP contribution is 2.25. The molecular formula is C42H50N4O5. The van der Waals surface area contributed by atoms with Crippen LogP contribution in [0.3, 0.4) is 0 Å². The summed E-state index contributed by atoms with van der Waals surface area (Å²) in [4.78, 5) is 49.4. The van der Waals surface area contributed by atoms with E-state index in [0.29, 0.717) is 24.4 Å². The Morgan fingerprint density at radius 3 is 2.12 bits per heavy atom. The molecule has 1 aliphatic rings. The smallest absolute Gasteiger partial charge is 0.308 e. The van der Waals surface area contributed by atoms with Gasteiger partial charge in [0.15, 0.2) is 5.82 Å². The Morgan fingerprint density at radius 1 is 0.863 bits per heavy atom. The molecule has 51 heavy (non-hydrogen) atoms. The van der Waals surface area contributed by atoms with Crippen LogP contribution >= 0.6 is 0 Å². The fraction of sp³-hybridized carbons (Fsp3) is 0.405. The van der Waals surface area contributed by atoms with Crippen LogP contribution in [0, 0.1) is 5.92 Å². The first-order valence-electron chi connectivity index (χ1n) is 18.1. The minimum atomic E-state index is -0.915. The quantitative estimate of drug-likeness (QED) is 0.123. The molecule has 0 aliphatic carbocycles. The number of benzene rings is 3. The number of amides is 2. The molecule has 4 aromatic rings. The summed E-state index contributed by atoms with van der Waals surface area (Å²) in [5.41, 5.74) is 5.07. The molecule has 3 aromatic carbocycles. The Balaban J connectivity index is 1.23. The third kappa shape index (κ3) is 10.2. The van der Waals surface area contributed by atoms with Crippen molar-refractivity contribution >= 4 is 17.8 Å². The van der Waals surface area contributed by atoms with Crippen molar-refractivity contribution in [2.75, 3.05) is 19.7 Å². The second kappa shape index (κ2) is 17.2. The summed E-state index contributed by atoms with van der Waals surface area (Å²) >= 11 is 0. The van der Waals surface area contributed by atoms with Gasteiger partial charge in [-0.25, -0.2) is 9.97 Å². The second-order valence-corrected chi connectivity index (χ2v) is 14.4. The highest BCUT2D eigenvalue weighted by molar-refractivity contribution is 5.97. The normalized spacial score (nSPS) is 15.0. The molecule has 0 saturated carbocycles. The maximum atomic E-state index is 13.7. The number of hydrogen-bond donors (Lipinski definition) is 2. The van der Waals surface area contributed by atoms with Crippen LogP contribution < -0.4 is 10.1 Å². The lowest BCUT2D eigenvalue weighted by atomic mass is 9.86. The zero-order chi connectivity index (χ0) is 36.4. The first kappa shape index (κ1) is 37.2. The number of rotatable bonds is 15. The maximum absolute atomic E-state index is 13.7. The van der Waals surface area contributed by atoms with Crippen molar-refractivity contribution in [1.29, 1.82) is 0 Å². The number of carbonyl (C=O) groups is 3. The zero-order valence-electron chi connectivity index (χ0n) is 30.2. The average Bonchev–Trinajstić information content (AvgIpc) is 3.64. The van der Waals surface area contributed by atoms with Crippen molar-refractivity contribution in [2.45, 2.75) is 84.1 Å².